The third kappa shape index (κ3) is 1.81. The monoisotopic (exact) mass is 242 g/mol. The first kappa shape index (κ1) is 12.7. The van der Waals surface area contributed by atoms with Crippen molar-refractivity contribution in [2.75, 3.05) is 12.3 Å². The van der Waals surface area contributed by atoms with Crippen LogP contribution in [0.2, 0.25) is 0 Å². The molecule has 2 aliphatic heterocycles. The minimum absolute atomic E-state index is 0.293. The van der Waals surface area contributed by atoms with Crippen LogP contribution >= 0.6 is 11.8 Å². The van der Waals surface area contributed by atoms with Gasteiger partial charge in [-0.25, -0.2) is 0 Å². The smallest absolute Gasteiger partial charge is 0.0460 e. The van der Waals surface area contributed by atoms with E-state index in [0.717, 1.165) is 18.6 Å². The van der Waals surface area contributed by atoms with E-state index in [-0.39, 0.29) is 0 Å². The normalized spacial score (nSPS) is 45.4. The Morgan fingerprint density at radius 3 is 2.62 bits per heavy atom. The molecule has 0 amide bonds. The SMILES string of the molecule is CCC1CCC(C)N1C1(CN)CCSC1C. The van der Waals surface area contributed by atoms with Crippen LogP contribution in [0.15, 0.2) is 0 Å². The van der Waals surface area contributed by atoms with E-state index in [1.807, 2.05) is 0 Å². The van der Waals surface area contributed by atoms with Crippen LogP contribution in [0.5, 0.6) is 0 Å². The van der Waals surface area contributed by atoms with E-state index in [0.29, 0.717) is 10.8 Å². The van der Waals surface area contributed by atoms with Crippen molar-refractivity contribution < 1.29 is 0 Å². The molecule has 3 heteroatoms. The molecule has 4 unspecified atom stereocenters. The van der Waals surface area contributed by atoms with Gasteiger partial charge in [0.15, 0.2) is 0 Å². The Morgan fingerprint density at radius 1 is 1.38 bits per heavy atom. The number of nitrogens with zero attached hydrogens (tertiary/aromatic N) is 1. The van der Waals surface area contributed by atoms with Crippen molar-refractivity contribution >= 4 is 11.8 Å². The lowest BCUT2D eigenvalue weighted by atomic mass is 9.88. The summed E-state index contributed by atoms with van der Waals surface area (Å²) in [6.45, 7) is 7.93. The van der Waals surface area contributed by atoms with E-state index in [2.05, 4.69) is 37.4 Å². The maximum Gasteiger partial charge on any atom is 0.0460 e. The minimum Gasteiger partial charge on any atom is -0.329 e. The summed E-state index contributed by atoms with van der Waals surface area (Å²) in [4.78, 5) is 2.79. The Hall–Kier alpha value is 0.270. The minimum atomic E-state index is 0.293. The van der Waals surface area contributed by atoms with E-state index in [1.165, 1.54) is 31.4 Å². The number of likely N-dealkylation sites (tertiary alicyclic amines) is 1. The highest BCUT2D eigenvalue weighted by Gasteiger charge is 2.50. The van der Waals surface area contributed by atoms with Gasteiger partial charge in [0.25, 0.3) is 0 Å². The van der Waals surface area contributed by atoms with Gasteiger partial charge < -0.3 is 5.73 Å². The molecular weight excluding hydrogens is 216 g/mol. The molecule has 2 saturated heterocycles. The van der Waals surface area contributed by atoms with Crippen LogP contribution in [-0.2, 0) is 0 Å². The first-order chi connectivity index (χ1) is 7.65. The zero-order valence-corrected chi connectivity index (χ0v) is 11.7. The molecule has 0 spiro atoms. The highest BCUT2D eigenvalue weighted by atomic mass is 32.2. The summed E-state index contributed by atoms with van der Waals surface area (Å²) in [5, 5.41) is 0.701. The predicted molar refractivity (Wildman–Crippen MR) is 72.9 cm³/mol. The molecule has 94 valence electrons. The van der Waals surface area contributed by atoms with Crippen LogP contribution in [0.4, 0.5) is 0 Å². The Balaban J connectivity index is 2.25. The molecule has 0 aromatic rings. The number of hydrogen-bond donors (Lipinski definition) is 1. The second-order valence-electron chi connectivity index (χ2n) is 5.47. The zero-order chi connectivity index (χ0) is 11.8. The predicted octanol–water partition coefficient (Wildman–Crippen LogP) is 2.47. The van der Waals surface area contributed by atoms with Crippen molar-refractivity contribution in [3.63, 3.8) is 0 Å². The lowest BCUT2D eigenvalue weighted by Gasteiger charge is -2.46. The third-order valence-corrected chi connectivity index (χ3v) is 6.16. The summed E-state index contributed by atoms with van der Waals surface area (Å²) >= 11 is 2.11. The lowest BCUT2D eigenvalue weighted by molar-refractivity contribution is 0.0491. The van der Waals surface area contributed by atoms with Gasteiger partial charge in [-0.1, -0.05) is 13.8 Å². The molecule has 0 radical (unpaired) electrons. The highest BCUT2D eigenvalue weighted by Crippen LogP contribution is 2.45. The van der Waals surface area contributed by atoms with Crippen molar-refractivity contribution in [1.82, 2.24) is 4.90 Å². The molecule has 2 rings (SSSR count). The summed E-state index contributed by atoms with van der Waals surface area (Å²) in [6.07, 6.45) is 5.30. The number of rotatable bonds is 3. The lowest BCUT2D eigenvalue weighted by Crippen LogP contribution is -2.61. The maximum absolute atomic E-state index is 6.16. The molecule has 0 saturated carbocycles. The van der Waals surface area contributed by atoms with Gasteiger partial charge in [-0.2, -0.15) is 11.8 Å². The molecule has 16 heavy (non-hydrogen) atoms. The van der Waals surface area contributed by atoms with Gasteiger partial charge in [-0.05, 0) is 38.4 Å². The van der Waals surface area contributed by atoms with Crippen molar-refractivity contribution in [2.24, 2.45) is 5.73 Å². The van der Waals surface area contributed by atoms with E-state index in [9.17, 15) is 0 Å². The second kappa shape index (κ2) is 4.87. The standard InChI is InChI=1S/C13H26N2S/c1-4-12-6-5-10(2)15(12)13(9-14)7-8-16-11(13)3/h10-12H,4-9,14H2,1-3H3. The maximum atomic E-state index is 6.16. The molecule has 0 aromatic heterocycles. The number of nitrogens with two attached hydrogens (primary N) is 1. The van der Waals surface area contributed by atoms with E-state index < -0.39 is 0 Å². The second-order valence-corrected chi connectivity index (χ2v) is 6.92. The van der Waals surface area contributed by atoms with Gasteiger partial charge in [-0.3, -0.25) is 4.90 Å². The fraction of sp³-hybridized carbons (Fsp3) is 1.00. The average Bonchev–Trinajstić information content (AvgIpc) is 2.83. The van der Waals surface area contributed by atoms with Crippen molar-refractivity contribution in [2.45, 2.75) is 69.3 Å². The van der Waals surface area contributed by atoms with Crippen LogP contribution in [0.25, 0.3) is 0 Å². The third-order valence-electron chi connectivity index (χ3n) is 4.78. The van der Waals surface area contributed by atoms with Crippen LogP contribution < -0.4 is 5.73 Å². The van der Waals surface area contributed by atoms with Gasteiger partial charge in [-0.15, -0.1) is 0 Å². The number of hydrogen-bond acceptors (Lipinski definition) is 3. The van der Waals surface area contributed by atoms with Gasteiger partial charge in [0.2, 0.25) is 0 Å². The molecule has 2 nitrogen and oxygen atoms in total. The molecule has 0 aliphatic carbocycles. The first-order valence-electron chi connectivity index (χ1n) is 6.75. The molecule has 2 fully saturated rings. The quantitative estimate of drug-likeness (QED) is 0.824. The van der Waals surface area contributed by atoms with Crippen molar-refractivity contribution in [1.29, 1.82) is 0 Å². The molecule has 0 bridgehead atoms. The fourth-order valence-corrected chi connectivity index (χ4v) is 5.23. The van der Waals surface area contributed by atoms with Crippen molar-refractivity contribution in [3.05, 3.63) is 0 Å². The van der Waals surface area contributed by atoms with E-state index >= 15 is 0 Å². The van der Waals surface area contributed by atoms with Gasteiger partial charge in [0, 0.05) is 29.4 Å². The summed E-state index contributed by atoms with van der Waals surface area (Å²) in [5.41, 5.74) is 6.46. The summed E-state index contributed by atoms with van der Waals surface area (Å²) in [6, 6.07) is 1.51. The molecule has 0 aromatic carbocycles. The molecule has 2 aliphatic rings. The Morgan fingerprint density at radius 2 is 2.12 bits per heavy atom. The van der Waals surface area contributed by atoms with E-state index in [4.69, 9.17) is 5.73 Å². The first-order valence-corrected chi connectivity index (χ1v) is 7.80. The summed E-state index contributed by atoms with van der Waals surface area (Å²) in [7, 11) is 0. The van der Waals surface area contributed by atoms with Crippen LogP contribution in [0.1, 0.15) is 46.5 Å². The Kier molecular flexibility index (Phi) is 3.87. The Bertz CT molecular complexity index is 246. The fourth-order valence-electron chi connectivity index (χ4n) is 3.76. The van der Waals surface area contributed by atoms with Crippen LogP contribution in [-0.4, -0.2) is 40.1 Å². The Labute approximate surface area is 104 Å². The zero-order valence-electron chi connectivity index (χ0n) is 10.9. The number of thioether (sulfide) groups is 1. The highest BCUT2D eigenvalue weighted by molar-refractivity contribution is 8.00. The molecule has 2 N–H and O–H groups in total. The van der Waals surface area contributed by atoms with Crippen molar-refractivity contribution in [3.8, 4) is 0 Å². The van der Waals surface area contributed by atoms with Gasteiger partial charge >= 0.3 is 0 Å². The van der Waals surface area contributed by atoms with E-state index in [1.54, 1.807) is 0 Å². The topological polar surface area (TPSA) is 29.3 Å². The molecule has 2 heterocycles. The summed E-state index contributed by atoms with van der Waals surface area (Å²) < 4.78 is 0. The van der Waals surface area contributed by atoms with Crippen LogP contribution in [0.3, 0.4) is 0 Å². The molecule has 4 atom stereocenters. The largest absolute Gasteiger partial charge is 0.329 e. The average molecular weight is 242 g/mol. The molecular formula is C13H26N2S. The summed E-state index contributed by atoms with van der Waals surface area (Å²) in [5.74, 6) is 1.29. The van der Waals surface area contributed by atoms with Gasteiger partial charge in [0.05, 0.1) is 0 Å². The van der Waals surface area contributed by atoms with Crippen LogP contribution in [0, 0.1) is 0 Å². The van der Waals surface area contributed by atoms with Gasteiger partial charge in [0.1, 0.15) is 0 Å².